The van der Waals surface area contributed by atoms with Crippen molar-refractivity contribution in [1.82, 2.24) is 15.2 Å². The summed E-state index contributed by atoms with van der Waals surface area (Å²) in [5.41, 5.74) is 4.33. The molecule has 0 aliphatic carbocycles. The van der Waals surface area contributed by atoms with E-state index in [9.17, 15) is 4.79 Å². The second-order valence-electron chi connectivity index (χ2n) is 10.8. The minimum Gasteiger partial charge on any atom is -0.454 e. The van der Waals surface area contributed by atoms with Crippen molar-refractivity contribution in [2.24, 2.45) is 5.92 Å². The summed E-state index contributed by atoms with van der Waals surface area (Å²) in [5.74, 6) is 2.03. The van der Waals surface area contributed by atoms with Crippen molar-refractivity contribution in [2.45, 2.75) is 66.1 Å². The lowest BCUT2D eigenvalue weighted by molar-refractivity contribution is 0.0947. The number of rotatable bonds is 10. The molecule has 2 heterocycles. The predicted octanol–water partition coefficient (Wildman–Crippen LogP) is 6.15. The molecule has 192 valence electrons. The van der Waals surface area contributed by atoms with Crippen LogP contribution in [0.5, 0.6) is 11.5 Å². The lowest BCUT2D eigenvalue weighted by Crippen LogP contribution is -2.26. The Morgan fingerprint density at radius 2 is 1.72 bits per heavy atom. The third-order valence-corrected chi connectivity index (χ3v) is 7.05. The summed E-state index contributed by atoms with van der Waals surface area (Å²) in [6.45, 7) is 14.1. The van der Waals surface area contributed by atoms with Crippen LogP contribution in [-0.4, -0.2) is 29.1 Å². The molecule has 0 unspecified atom stereocenters. The molecular formula is C29H37N3O3S. The quantitative estimate of drug-likeness (QED) is 0.357. The van der Waals surface area contributed by atoms with E-state index < -0.39 is 0 Å². The van der Waals surface area contributed by atoms with Crippen LogP contribution in [0.2, 0.25) is 0 Å². The van der Waals surface area contributed by atoms with E-state index in [0.29, 0.717) is 24.7 Å². The number of carbonyl (C=O) groups is 1. The van der Waals surface area contributed by atoms with Gasteiger partial charge in [0.2, 0.25) is 6.79 Å². The van der Waals surface area contributed by atoms with Gasteiger partial charge in [-0.3, -0.25) is 9.69 Å². The minimum atomic E-state index is -0.0989. The summed E-state index contributed by atoms with van der Waals surface area (Å²) < 4.78 is 11.1. The molecule has 3 aromatic rings. The molecule has 7 heteroatoms. The lowest BCUT2D eigenvalue weighted by atomic mass is 9.87. The molecule has 0 saturated carbocycles. The minimum absolute atomic E-state index is 0.0989. The Hall–Kier alpha value is -2.90. The number of aromatic nitrogens is 1. The topological polar surface area (TPSA) is 63.7 Å². The number of fused-ring (bicyclic) bond motifs is 1. The van der Waals surface area contributed by atoms with Gasteiger partial charge in [-0.15, -0.1) is 11.3 Å². The van der Waals surface area contributed by atoms with E-state index in [4.69, 9.17) is 9.47 Å². The predicted molar refractivity (Wildman–Crippen MR) is 145 cm³/mol. The summed E-state index contributed by atoms with van der Waals surface area (Å²) in [4.78, 5) is 19.5. The Kier molecular flexibility index (Phi) is 8.32. The summed E-state index contributed by atoms with van der Waals surface area (Å²) >= 11 is 1.53. The van der Waals surface area contributed by atoms with Crippen molar-refractivity contribution in [3.05, 3.63) is 75.2 Å². The number of ether oxygens (including phenoxy) is 2. The van der Waals surface area contributed by atoms with Crippen LogP contribution in [0.4, 0.5) is 0 Å². The van der Waals surface area contributed by atoms with Gasteiger partial charge in [0.15, 0.2) is 11.5 Å². The molecule has 0 atom stereocenters. The molecule has 0 saturated heterocycles. The summed E-state index contributed by atoms with van der Waals surface area (Å²) in [7, 11) is 0. The highest BCUT2D eigenvalue weighted by Crippen LogP contribution is 2.33. The first-order chi connectivity index (χ1) is 17.2. The molecule has 0 radical (unpaired) electrons. The Bertz CT molecular complexity index is 1170. The van der Waals surface area contributed by atoms with E-state index in [1.807, 2.05) is 17.5 Å². The number of benzene rings is 2. The first-order valence-electron chi connectivity index (χ1n) is 12.6. The zero-order valence-electron chi connectivity index (χ0n) is 22.0. The Morgan fingerprint density at radius 1 is 1.03 bits per heavy atom. The van der Waals surface area contributed by atoms with Crippen molar-refractivity contribution in [3.8, 4) is 11.5 Å². The van der Waals surface area contributed by atoms with Gasteiger partial charge in [0.25, 0.3) is 5.91 Å². The maximum atomic E-state index is 12.5. The molecule has 4 rings (SSSR count). The molecular weight excluding hydrogens is 470 g/mol. The maximum absolute atomic E-state index is 12.5. The molecule has 6 nitrogen and oxygen atoms in total. The molecule has 1 N–H and O–H groups in total. The van der Waals surface area contributed by atoms with E-state index in [0.717, 1.165) is 41.6 Å². The number of nitrogens with zero attached hydrogens (tertiary/aromatic N) is 2. The van der Waals surface area contributed by atoms with Crippen LogP contribution >= 0.6 is 11.3 Å². The van der Waals surface area contributed by atoms with E-state index in [1.54, 1.807) is 0 Å². The van der Waals surface area contributed by atoms with Crippen LogP contribution in [0.25, 0.3) is 0 Å². The van der Waals surface area contributed by atoms with Crippen LogP contribution in [-0.2, 0) is 25.0 Å². The average Bonchev–Trinajstić information content (AvgIpc) is 3.48. The third kappa shape index (κ3) is 7.08. The Balaban J connectivity index is 1.48. The molecule has 2 aromatic carbocycles. The highest BCUT2D eigenvalue weighted by atomic mass is 32.1. The van der Waals surface area contributed by atoms with Crippen molar-refractivity contribution >= 4 is 17.2 Å². The number of hydrogen-bond donors (Lipinski definition) is 1. The van der Waals surface area contributed by atoms with Gasteiger partial charge in [-0.2, -0.15) is 0 Å². The summed E-state index contributed by atoms with van der Waals surface area (Å²) in [6.07, 6.45) is 0.958. The molecule has 1 aliphatic heterocycles. The van der Waals surface area contributed by atoms with Crippen LogP contribution < -0.4 is 14.8 Å². The molecule has 0 spiro atoms. The van der Waals surface area contributed by atoms with Gasteiger partial charge >= 0.3 is 0 Å². The fourth-order valence-electron chi connectivity index (χ4n) is 4.08. The first kappa shape index (κ1) is 26.2. The van der Waals surface area contributed by atoms with E-state index in [1.165, 1.54) is 22.5 Å². The SMILES string of the molecule is CC(C)CCNC(=O)c1csc(CN(Cc2ccc(C(C)(C)C)cc2)Cc2ccc3c(c2)OCO3)n1. The van der Waals surface area contributed by atoms with Crippen LogP contribution in [0.15, 0.2) is 47.8 Å². The summed E-state index contributed by atoms with van der Waals surface area (Å²) in [6, 6.07) is 15.0. The van der Waals surface area contributed by atoms with E-state index >= 15 is 0 Å². The largest absolute Gasteiger partial charge is 0.454 e. The molecule has 1 amide bonds. The molecule has 0 bridgehead atoms. The molecule has 1 aromatic heterocycles. The van der Waals surface area contributed by atoms with Gasteiger partial charge < -0.3 is 14.8 Å². The highest BCUT2D eigenvalue weighted by Gasteiger charge is 2.18. The lowest BCUT2D eigenvalue weighted by Gasteiger charge is -2.23. The molecule has 1 aliphatic rings. The smallest absolute Gasteiger partial charge is 0.270 e. The first-order valence-corrected chi connectivity index (χ1v) is 13.5. The van der Waals surface area contributed by atoms with Crippen LogP contribution in [0, 0.1) is 5.92 Å². The summed E-state index contributed by atoms with van der Waals surface area (Å²) in [5, 5.41) is 5.77. The van der Waals surface area contributed by atoms with Gasteiger partial charge in [0.05, 0.1) is 6.54 Å². The molecule has 0 fully saturated rings. The van der Waals surface area contributed by atoms with Crippen molar-refractivity contribution in [1.29, 1.82) is 0 Å². The third-order valence-electron chi connectivity index (χ3n) is 6.22. The van der Waals surface area contributed by atoms with Crippen LogP contribution in [0.1, 0.15) is 73.2 Å². The van der Waals surface area contributed by atoms with Gasteiger partial charge in [-0.1, -0.05) is 65.0 Å². The van der Waals surface area contributed by atoms with E-state index in [2.05, 4.69) is 80.2 Å². The fourth-order valence-corrected chi connectivity index (χ4v) is 4.89. The maximum Gasteiger partial charge on any atom is 0.270 e. The second kappa shape index (κ2) is 11.4. The Labute approximate surface area is 218 Å². The van der Waals surface area contributed by atoms with Crippen LogP contribution in [0.3, 0.4) is 0 Å². The Morgan fingerprint density at radius 3 is 2.44 bits per heavy atom. The number of amides is 1. The number of carbonyl (C=O) groups excluding carboxylic acids is 1. The average molecular weight is 508 g/mol. The standard InChI is InChI=1S/C29H37N3O3S/c1-20(2)12-13-30-28(33)24-18-36-27(31-24)17-32(15-21-6-9-23(10-7-21)29(3,4)5)16-22-8-11-25-26(14-22)35-19-34-25/h6-11,14,18,20H,12-13,15-17,19H2,1-5H3,(H,30,33). The molecule has 36 heavy (non-hydrogen) atoms. The van der Waals surface area contributed by atoms with Gasteiger partial charge in [0.1, 0.15) is 10.7 Å². The van der Waals surface area contributed by atoms with Crippen molar-refractivity contribution in [2.75, 3.05) is 13.3 Å². The number of thiazole rings is 1. The van der Waals surface area contributed by atoms with Crippen molar-refractivity contribution in [3.63, 3.8) is 0 Å². The van der Waals surface area contributed by atoms with Gasteiger partial charge in [0, 0.05) is 25.0 Å². The highest BCUT2D eigenvalue weighted by molar-refractivity contribution is 7.09. The second-order valence-corrected chi connectivity index (χ2v) is 11.8. The van der Waals surface area contributed by atoms with E-state index in [-0.39, 0.29) is 18.1 Å². The van der Waals surface area contributed by atoms with Gasteiger partial charge in [-0.05, 0) is 46.6 Å². The zero-order valence-corrected chi connectivity index (χ0v) is 22.8. The number of hydrogen-bond acceptors (Lipinski definition) is 6. The fraction of sp³-hybridized carbons (Fsp3) is 0.448. The van der Waals surface area contributed by atoms with Crippen molar-refractivity contribution < 1.29 is 14.3 Å². The monoisotopic (exact) mass is 507 g/mol. The van der Waals surface area contributed by atoms with Gasteiger partial charge in [-0.25, -0.2) is 4.98 Å². The normalized spacial score (nSPS) is 13.0. The number of nitrogens with one attached hydrogen (secondary N) is 1. The zero-order chi connectivity index (χ0) is 25.7.